The second-order valence-electron chi connectivity index (χ2n) is 5.13. The van der Waals surface area contributed by atoms with Crippen molar-refractivity contribution in [2.24, 2.45) is 0 Å². The predicted molar refractivity (Wildman–Crippen MR) is 99.5 cm³/mol. The van der Waals surface area contributed by atoms with E-state index in [0.29, 0.717) is 5.02 Å². The van der Waals surface area contributed by atoms with E-state index in [4.69, 9.17) is 11.6 Å². The Morgan fingerprint density at radius 1 is 1.00 bits per heavy atom. The predicted octanol–water partition coefficient (Wildman–Crippen LogP) is 3.44. The van der Waals surface area contributed by atoms with E-state index in [9.17, 15) is 9.59 Å². The van der Waals surface area contributed by atoms with Crippen LogP contribution in [0.1, 0.15) is 10.5 Å². The number of hydrogen-bond acceptors (Lipinski definition) is 4. The molecule has 2 aromatic carbocycles. The zero-order chi connectivity index (χ0) is 17.6. The number of thioether (sulfide) groups is 1. The topological polar surface area (TPSA) is 71.1 Å². The van der Waals surface area contributed by atoms with Gasteiger partial charge in [0.15, 0.2) is 0 Å². The highest BCUT2D eigenvalue weighted by molar-refractivity contribution is 8.00. The highest BCUT2D eigenvalue weighted by Gasteiger charge is 2.12. The van der Waals surface area contributed by atoms with Crippen molar-refractivity contribution in [1.29, 1.82) is 0 Å². The Labute approximate surface area is 153 Å². The number of nitrogens with one attached hydrogen (secondary N) is 2. The number of fused-ring (bicyclic) bond motifs is 1. The number of rotatable bonds is 4. The van der Waals surface area contributed by atoms with Gasteiger partial charge in [-0.05, 0) is 35.7 Å². The summed E-state index contributed by atoms with van der Waals surface area (Å²) < 4.78 is 0. The second kappa shape index (κ2) is 8.00. The summed E-state index contributed by atoms with van der Waals surface area (Å²) in [5.74, 6) is -0.597. The van der Waals surface area contributed by atoms with E-state index in [1.54, 1.807) is 18.3 Å². The fourth-order valence-electron chi connectivity index (χ4n) is 2.20. The van der Waals surface area contributed by atoms with Crippen LogP contribution >= 0.6 is 23.4 Å². The van der Waals surface area contributed by atoms with E-state index in [1.807, 2.05) is 42.5 Å². The van der Waals surface area contributed by atoms with Crippen LogP contribution in [0.25, 0.3) is 10.8 Å². The first kappa shape index (κ1) is 17.3. The smallest absolute Gasteiger partial charge is 0.272 e. The third-order valence-electron chi connectivity index (χ3n) is 3.39. The van der Waals surface area contributed by atoms with E-state index in [0.717, 1.165) is 15.7 Å². The second-order valence-corrected chi connectivity index (χ2v) is 6.61. The molecule has 0 atom stereocenters. The molecule has 3 rings (SSSR count). The zero-order valence-corrected chi connectivity index (χ0v) is 14.6. The molecule has 0 bridgehead atoms. The molecule has 2 N–H and O–H groups in total. The standard InChI is InChI=1S/C18H14ClN3O2S/c19-13-5-7-14(8-6-13)25-11-16(23)21-22-18(24)17-15-4-2-1-3-12(15)9-10-20-17/h1-10H,11H2,(H,21,23)(H,22,24). The minimum absolute atomic E-state index is 0.172. The van der Waals surface area contributed by atoms with E-state index in [-0.39, 0.29) is 17.4 Å². The Morgan fingerprint density at radius 3 is 2.56 bits per heavy atom. The molecule has 5 nitrogen and oxygen atoms in total. The molecule has 7 heteroatoms. The van der Waals surface area contributed by atoms with Gasteiger partial charge in [-0.1, -0.05) is 35.9 Å². The number of hydrazine groups is 1. The molecule has 0 fully saturated rings. The number of carbonyl (C=O) groups is 2. The quantitative estimate of drug-likeness (QED) is 0.544. The number of nitrogens with zero attached hydrogens (tertiary/aromatic N) is 1. The van der Waals surface area contributed by atoms with Crippen molar-refractivity contribution >= 4 is 45.9 Å². The zero-order valence-electron chi connectivity index (χ0n) is 13.0. The molecule has 1 heterocycles. The van der Waals surface area contributed by atoms with Crippen molar-refractivity contribution < 1.29 is 9.59 Å². The molecule has 126 valence electrons. The van der Waals surface area contributed by atoms with E-state index < -0.39 is 5.91 Å². The van der Waals surface area contributed by atoms with Gasteiger partial charge in [-0.15, -0.1) is 11.8 Å². The molecule has 0 saturated carbocycles. The number of pyridine rings is 1. The van der Waals surface area contributed by atoms with Gasteiger partial charge in [0.25, 0.3) is 5.91 Å². The third kappa shape index (κ3) is 4.49. The monoisotopic (exact) mass is 371 g/mol. The summed E-state index contributed by atoms with van der Waals surface area (Å²) >= 11 is 7.17. The number of hydrogen-bond donors (Lipinski definition) is 2. The van der Waals surface area contributed by atoms with Crippen LogP contribution in [0.5, 0.6) is 0 Å². The van der Waals surface area contributed by atoms with Crippen LogP contribution < -0.4 is 10.9 Å². The lowest BCUT2D eigenvalue weighted by molar-refractivity contribution is -0.119. The molecule has 0 aliphatic rings. The summed E-state index contributed by atoms with van der Waals surface area (Å²) in [5, 5.41) is 2.28. The fraction of sp³-hybridized carbons (Fsp3) is 0.0556. The minimum Gasteiger partial charge on any atom is -0.272 e. The Bertz CT molecular complexity index is 910. The molecular formula is C18H14ClN3O2S. The van der Waals surface area contributed by atoms with Crippen LogP contribution in [0, 0.1) is 0 Å². The van der Waals surface area contributed by atoms with Crippen molar-refractivity contribution in [3.05, 3.63) is 71.5 Å². The van der Waals surface area contributed by atoms with Gasteiger partial charge in [0.05, 0.1) is 5.75 Å². The minimum atomic E-state index is -0.457. The van der Waals surface area contributed by atoms with Crippen LogP contribution in [0.15, 0.2) is 65.7 Å². The van der Waals surface area contributed by atoms with Gasteiger partial charge in [0, 0.05) is 21.5 Å². The lowest BCUT2D eigenvalue weighted by Gasteiger charge is -2.08. The van der Waals surface area contributed by atoms with Gasteiger partial charge >= 0.3 is 0 Å². The Kier molecular flexibility index (Phi) is 5.53. The summed E-state index contributed by atoms with van der Waals surface area (Å²) in [6, 6.07) is 16.4. The highest BCUT2D eigenvalue weighted by Crippen LogP contribution is 2.20. The Balaban J connectivity index is 1.56. The van der Waals surface area contributed by atoms with E-state index >= 15 is 0 Å². The van der Waals surface area contributed by atoms with E-state index in [2.05, 4.69) is 15.8 Å². The number of benzene rings is 2. The summed E-state index contributed by atoms with van der Waals surface area (Å²) in [6.45, 7) is 0. The highest BCUT2D eigenvalue weighted by atomic mass is 35.5. The molecule has 1 aromatic heterocycles. The molecule has 0 saturated heterocycles. The van der Waals surface area contributed by atoms with Crippen molar-refractivity contribution in [2.75, 3.05) is 5.75 Å². The molecule has 25 heavy (non-hydrogen) atoms. The summed E-state index contributed by atoms with van der Waals surface area (Å²) in [5.41, 5.74) is 5.07. The molecule has 0 radical (unpaired) electrons. The normalized spacial score (nSPS) is 10.4. The fourth-order valence-corrected chi connectivity index (χ4v) is 3.03. The third-order valence-corrected chi connectivity index (χ3v) is 4.65. The lowest BCUT2D eigenvalue weighted by Crippen LogP contribution is -2.42. The van der Waals surface area contributed by atoms with Gasteiger partial charge in [0.1, 0.15) is 5.69 Å². The maximum Gasteiger partial charge on any atom is 0.288 e. The first-order chi connectivity index (χ1) is 12.1. The summed E-state index contributed by atoms with van der Waals surface area (Å²) in [6.07, 6.45) is 1.56. The number of carbonyl (C=O) groups excluding carboxylic acids is 2. The number of halogens is 1. The average molecular weight is 372 g/mol. The summed E-state index contributed by atoms with van der Waals surface area (Å²) in [7, 11) is 0. The van der Waals surface area contributed by atoms with Gasteiger partial charge in [-0.2, -0.15) is 0 Å². The van der Waals surface area contributed by atoms with Gasteiger partial charge in [-0.3, -0.25) is 25.4 Å². The lowest BCUT2D eigenvalue weighted by atomic mass is 10.1. The first-order valence-electron chi connectivity index (χ1n) is 7.45. The van der Waals surface area contributed by atoms with Crippen LogP contribution in [0.3, 0.4) is 0 Å². The number of amides is 2. The molecule has 0 spiro atoms. The van der Waals surface area contributed by atoms with Crippen molar-refractivity contribution in [1.82, 2.24) is 15.8 Å². The molecule has 0 aliphatic heterocycles. The van der Waals surface area contributed by atoms with Gasteiger partial charge < -0.3 is 0 Å². The van der Waals surface area contributed by atoms with Crippen molar-refractivity contribution in [3.63, 3.8) is 0 Å². The largest absolute Gasteiger partial charge is 0.288 e. The molecule has 3 aromatic rings. The maximum atomic E-state index is 12.3. The summed E-state index contributed by atoms with van der Waals surface area (Å²) in [4.78, 5) is 29.2. The Morgan fingerprint density at radius 2 is 1.76 bits per heavy atom. The maximum absolute atomic E-state index is 12.3. The van der Waals surface area contributed by atoms with Crippen LogP contribution in [0.4, 0.5) is 0 Å². The molecule has 0 aliphatic carbocycles. The first-order valence-corrected chi connectivity index (χ1v) is 8.81. The van der Waals surface area contributed by atoms with E-state index in [1.165, 1.54) is 11.8 Å². The van der Waals surface area contributed by atoms with Gasteiger partial charge in [-0.25, -0.2) is 0 Å². The average Bonchev–Trinajstić information content (AvgIpc) is 2.65. The molecule has 0 unspecified atom stereocenters. The molecule has 2 amide bonds. The molecular weight excluding hydrogens is 358 g/mol. The van der Waals surface area contributed by atoms with Crippen molar-refractivity contribution in [2.45, 2.75) is 4.90 Å². The van der Waals surface area contributed by atoms with Crippen LogP contribution in [0.2, 0.25) is 5.02 Å². The van der Waals surface area contributed by atoms with Crippen LogP contribution in [-0.4, -0.2) is 22.6 Å². The van der Waals surface area contributed by atoms with Crippen LogP contribution in [-0.2, 0) is 4.79 Å². The Hall–Kier alpha value is -2.57. The SMILES string of the molecule is O=C(CSc1ccc(Cl)cc1)NNC(=O)c1nccc2ccccc12. The van der Waals surface area contributed by atoms with Crippen molar-refractivity contribution in [3.8, 4) is 0 Å². The van der Waals surface area contributed by atoms with Gasteiger partial charge in [0.2, 0.25) is 5.91 Å². The number of aromatic nitrogens is 1.